The number of nitrogens with zero attached hydrogens (tertiary/aromatic N) is 2. The molecule has 19 heavy (non-hydrogen) atoms. The molecule has 0 amide bonds. The molecular weight excluding hydrogens is 236 g/mol. The van der Waals surface area contributed by atoms with Crippen molar-refractivity contribution in [1.82, 2.24) is 9.97 Å². The van der Waals surface area contributed by atoms with Gasteiger partial charge in [-0.2, -0.15) is 0 Å². The van der Waals surface area contributed by atoms with Crippen molar-refractivity contribution < 1.29 is 0 Å². The van der Waals surface area contributed by atoms with Gasteiger partial charge in [0.05, 0.1) is 0 Å². The summed E-state index contributed by atoms with van der Waals surface area (Å²) < 4.78 is 0. The van der Waals surface area contributed by atoms with Crippen LogP contribution in [0.15, 0.2) is 0 Å². The Morgan fingerprint density at radius 3 is 2.26 bits per heavy atom. The highest BCUT2D eigenvalue weighted by Gasteiger charge is 2.13. The Morgan fingerprint density at radius 2 is 1.74 bits per heavy atom. The minimum Gasteiger partial charge on any atom is -0.370 e. The lowest BCUT2D eigenvalue weighted by Crippen LogP contribution is -2.21. The predicted molar refractivity (Wildman–Crippen MR) is 82.9 cm³/mol. The maximum absolute atomic E-state index is 4.64. The van der Waals surface area contributed by atoms with Gasteiger partial charge in [-0.25, -0.2) is 9.97 Å². The summed E-state index contributed by atoms with van der Waals surface area (Å²) in [6.07, 6.45) is 4.35. The minimum absolute atomic E-state index is 0.498. The molecule has 0 fully saturated rings. The van der Waals surface area contributed by atoms with Crippen LogP contribution in [-0.2, 0) is 6.42 Å². The summed E-state index contributed by atoms with van der Waals surface area (Å²) in [5.41, 5.74) is 1.12. The predicted octanol–water partition coefficient (Wildman–Crippen LogP) is 3.77. The largest absolute Gasteiger partial charge is 0.370 e. The zero-order valence-electron chi connectivity index (χ0n) is 13.0. The van der Waals surface area contributed by atoms with Gasteiger partial charge >= 0.3 is 0 Å². The summed E-state index contributed by atoms with van der Waals surface area (Å²) in [7, 11) is 0. The molecule has 108 valence electrons. The van der Waals surface area contributed by atoms with E-state index in [4.69, 9.17) is 0 Å². The third kappa shape index (κ3) is 4.37. The summed E-state index contributed by atoms with van der Waals surface area (Å²) in [6.45, 7) is 11.6. The summed E-state index contributed by atoms with van der Waals surface area (Å²) in [4.78, 5) is 9.20. The van der Waals surface area contributed by atoms with Gasteiger partial charge in [0.2, 0.25) is 0 Å². The smallest absolute Gasteiger partial charge is 0.134 e. The number of hydrogen-bond acceptors (Lipinski definition) is 4. The van der Waals surface area contributed by atoms with Gasteiger partial charge in [0.1, 0.15) is 17.5 Å². The monoisotopic (exact) mass is 264 g/mol. The summed E-state index contributed by atoms with van der Waals surface area (Å²) in [6, 6.07) is 0.498. The van der Waals surface area contributed by atoms with Crippen LogP contribution in [0.2, 0.25) is 0 Å². The van der Waals surface area contributed by atoms with Crippen molar-refractivity contribution in [3.8, 4) is 0 Å². The molecule has 1 aromatic rings. The molecule has 1 rings (SSSR count). The summed E-state index contributed by atoms with van der Waals surface area (Å²) >= 11 is 0. The molecule has 0 aliphatic carbocycles. The second-order valence-corrected chi connectivity index (χ2v) is 4.88. The van der Waals surface area contributed by atoms with Gasteiger partial charge in [-0.3, -0.25) is 0 Å². The van der Waals surface area contributed by atoms with Gasteiger partial charge in [-0.1, -0.05) is 27.2 Å². The second kappa shape index (κ2) is 7.97. The van der Waals surface area contributed by atoms with Crippen LogP contribution in [-0.4, -0.2) is 22.6 Å². The maximum Gasteiger partial charge on any atom is 0.134 e. The van der Waals surface area contributed by atoms with E-state index < -0.39 is 0 Å². The zero-order chi connectivity index (χ0) is 14.3. The number of rotatable bonds is 8. The van der Waals surface area contributed by atoms with Gasteiger partial charge in [0.15, 0.2) is 0 Å². The molecule has 1 atom stereocenters. The lowest BCUT2D eigenvalue weighted by molar-refractivity contribution is 0.619. The molecule has 0 bridgehead atoms. The quantitative estimate of drug-likeness (QED) is 0.750. The van der Waals surface area contributed by atoms with Crippen LogP contribution in [0.1, 0.15) is 58.3 Å². The first-order chi connectivity index (χ1) is 9.15. The molecule has 1 heterocycles. The van der Waals surface area contributed by atoms with Crippen molar-refractivity contribution in [1.29, 1.82) is 0 Å². The third-order valence-electron chi connectivity index (χ3n) is 3.32. The molecule has 0 aliphatic rings. The molecule has 1 aromatic heterocycles. The summed E-state index contributed by atoms with van der Waals surface area (Å²) in [5, 5.41) is 6.90. The zero-order valence-corrected chi connectivity index (χ0v) is 13.0. The van der Waals surface area contributed by atoms with E-state index in [0.29, 0.717) is 6.04 Å². The molecule has 0 aromatic carbocycles. The lowest BCUT2D eigenvalue weighted by Gasteiger charge is -2.20. The van der Waals surface area contributed by atoms with Crippen LogP contribution in [0.3, 0.4) is 0 Å². The Balaban J connectivity index is 3.00. The average molecular weight is 264 g/mol. The van der Waals surface area contributed by atoms with Crippen LogP contribution in [0.5, 0.6) is 0 Å². The van der Waals surface area contributed by atoms with Crippen LogP contribution >= 0.6 is 0 Å². The molecule has 0 radical (unpaired) electrons. The SMILES string of the molecule is CCCC(CC)Nc1nc(CC)nc(NCC)c1C. The molecule has 4 nitrogen and oxygen atoms in total. The molecule has 0 saturated heterocycles. The Hall–Kier alpha value is -1.32. The Morgan fingerprint density at radius 1 is 1.05 bits per heavy atom. The van der Waals surface area contributed by atoms with Crippen molar-refractivity contribution in [2.45, 2.75) is 66.3 Å². The van der Waals surface area contributed by atoms with Crippen molar-refractivity contribution in [2.75, 3.05) is 17.2 Å². The van der Waals surface area contributed by atoms with Gasteiger partial charge < -0.3 is 10.6 Å². The number of anilines is 2. The van der Waals surface area contributed by atoms with Gasteiger partial charge in [0.25, 0.3) is 0 Å². The minimum atomic E-state index is 0.498. The van der Waals surface area contributed by atoms with Gasteiger partial charge in [0, 0.05) is 24.6 Å². The van der Waals surface area contributed by atoms with Crippen LogP contribution in [0, 0.1) is 6.92 Å². The topological polar surface area (TPSA) is 49.8 Å². The van der Waals surface area contributed by atoms with E-state index in [-0.39, 0.29) is 0 Å². The van der Waals surface area contributed by atoms with Crippen LogP contribution in [0.25, 0.3) is 0 Å². The van der Waals surface area contributed by atoms with Crippen molar-refractivity contribution in [2.24, 2.45) is 0 Å². The fourth-order valence-electron chi connectivity index (χ4n) is 2.12. The number of aryl methyl sites for hydroxylation is 1. The van der Waals surface area contributed by atoms with E-state index in [1.54, 1.807) is 0 Å². The van der Waals surface area contributed by atoms with E-state index in [1.807, 2.05) is 0 Å². The van der Waals surface area contributed by atoms with Crippen LogP contribution in [0.4, 0.5) is 11.6 Å². The van der Waals surface area contributed by atoms with E-state index >= 15 is 0 Å². The fourth-order valence-corrected chi connectivity index (χ4v) is 2.12. The number of aromatic nitrogens is 2. The first-order valence-electron chi connectivity index (χ1n) is 7.54. The maximum atomic E-state index is 4.64. The normalized spacial score (nSPS) is 12.3. The number of nitrogens with one attached hydrogen (secondary N) is 2. The molecule has 0 spiro atoms. The lowest BCUT2D eigenvalue weighted by atomic mass is 10.1. The Bertz CT molecular complexity index is 390. The Labute approximate surface area is 117 Å². The van der Waals surface area contributed by atoms with E-state index in [0.717, 1.165) is 42.4 Å². The van der Waals surface area contributed by atoms with Crippen LogP contribution < -0.4 is 10.6 Å². The first kappa shape index (κ1) is 15.7. The highest BCUT2D eigenvalue weighted by molar-refractivity contribution is 5.57. The average Bonchev–Trinajstić information content (AvgIpc) is 2.42. The molecular formula is C15H28N4. The second-order valence-electron chi connectivity index (χ2n) is 4.88. The van der Waals surface area contributed by atoms with Gasteiger partial charge in [-0.15, -0.1) is 0 Å². The summed E-state index contributed by atoms with van der Waals surface area (Å²) in [5.74, 6) is 2.85. The molecule has 2 N–H and O–H groups in total. The molecule has 1 unspecified atom stereocenters. The Kier molecular flexibility index (Phi) is 6.60. The highest BCUT2D eigenvalue weighted by atomic mass is 15.1. The van der Waals surface area contributed by atoms with Crippen molar-refractivity contribution in [3.63, 3.8) is 0 Å². The third-order valence-corrected chi connectivity index (χ3v) is 3.32. The van der Waals surface area contributed by atoms with Crippen molar-refractivity contribution >= 4 is 11.6 Å². The van der Waals surface area contributed by atoms with Crippen molar-refractivity contribution in [3.05, 3.63) is 11.4 Å². The standard InChI is InChI=1S/C15H28N4/c1-6-10-12(7-2)17-15-11(5)14(16-9-4)18-13(8-3)19-15/h12H,6-10H2,1-5H3,(H2,16,17,18,19). The highest BCUT2D eigenvalue weighted by Crippen LogP contribution is 2.22. The van der Waals surface area contributed by atoms with E-state index in [9.17, 15) is 0 Å². The van der Waals surface area contributed by atoms with E-state index in [1.165, 1.54) is 12.8 Å². The first-order valence-corrected chi connectivity index (χ1v) is 7.54. The molecule has 0 aliphatic heterocycles. The molecule has 0 saturated carbocycles. The fraction of sp³-hybridized carbons (Fsp3) is 0.733. The van der Waals surface area contributed by atoms with E-state index in [2.05, 4.69) is 55.2 Å². The molecule has 4 heteroatoms. The van der Waals surface area contributed by atoms with Gasteiger partial charge in [-0.05, 0) is 26.7 Å². The number of hydrogen-bond donors (Lipinski definition) is 2.